The molecule has 5 rings (SSSR count). The summed E-state index contributed by atoms with van der Waals surface area (Å²) in [5, 5.41) is 3.07. The Morgan fingerprint density at radius 2 is 1.62 bits per heavy atom. The van der Waals surface area contributed by atoms with Crippen LogP contribution >= 0.6 is 11.6 Å². The molecule has 0 unspecified atom stereocenters. The third kappa shape index (κ3) is 3.46. The number of nitrogens with zero attached hydrogens (tertiary/aromatic N) is 1. The monoisotopic (exact) mass is 448 g/mol. The average Bonchev–Trinajstić information content (AvgIpc) is 2.94. The van der Waals surface area contributed by atoms with Crippen molar-refractivity contribution in [3.8, 4) is 11.5 Å². The van der Waals surface area contributed by atoms with E-state index in [-0.39, 0.29) is 5.02 Å². The molecule has 0 fully saturated rings. The van der Waals surface area contributed by atoms with Crippen LogP contribution in [0.15, 0.2) is 60.7 Å². The van der Waals surface area contributed by atoms with Gasteiger partial charge < -0.3 is 14.8 Å². The normalized spacial score (nSPS) is 14.7. The zero-order valence-corrected chi connectivity index (χ0v) is 17.5. The maximum Gasteiger partial charge on any atom is 0.266 e. The van der Waals surface area contributed by atoms with Gasteiger partial charge in [0.15, 0.2) is 11.5 Å². The first-order valence-electron chi connectivity index (χ1n) is 10.0. The van der Waals surface area contributed by atoms with E-state index in [9.17, 15) is 14.4 Å². The predicted molar refractivity (Wildman–Crippen MR) is 119 cm³/mol. The van der Waals surface area contributed by atoms with E-state index in [0.29, 0.717) is 52.8 Å². The van der Waals surface area contributed by atoms with Gasteiger partial charge in [-0.2, -0.15) is 0 Å². The minimum Gasteiger partial charge on any atom is -0.489 e. The van der Waals surface area contributed by atoms with Crippen molar-refractivity contribution >= 4 is 40.7 Å². The first kappa shape index (κ1) is 20.1. The van der Waals surface area contributed by atoms with E-state index in [1.165, 1.54) is 6.07 Å². The van der Waals surface area contributed by atoms with Crippen molar-refractivity contribution < 1.29 is 23.9 Å². The third-order valence-electron chi connectivity index (χ3n) is 5.22. The quantitative estimate of drug-likeness (QED) is 0.594. The van der Waals surface area contributed by atoms with E-state index in [1.807, 2.05) is 0 Å². The Kier molecular flexibility index (Phi) is 5.03. The third-order valence-corrected chi connectivity index (χ3v) is 5.50. The van der Waals surface area contributed by atoms with Gasteiger partial charge in [0.1, 0.15) is 0 Å². The summed E-state index contributed by atoms with van der Waals surface area (Å²) in [7, 11) is 0. The van der Waals surface area contributed by atoms with Gasteiger partial charge in [0, 0.05) is 17.7 Å². The fourth-order valence-corrected chi connectivity index (χ4v) is 3.98. The molecule has 3 amide bonds. The van der Waals surface area contributed by atoms with Crippen LogP contribution in [0.1, 0.15) is 37.5 Å². The number of anilines is 2. The van der Waals surface area contributed by atoms with Crippen molar-refractivity contribution in [1.82, 2.24) is 0 Å². The Bertz CT molecular complexity index is 1240. The SMILES string of the molecule is O=C(Nc1cccc(N2C(=O)c3ccccc3C2=O)c1)c1cc(Cl)c2c(c1)OCCCO2. The molecule has 0 atom stereocenters. The van der Waals surface area contributed by atoms with Crippen molar-refractivity contribution in [1.29, 1.82) is 0 Å². The molecule has 2 aliphatic heterocycles. The van der Waals surface area contributed by atoms with Gasteiger partial charge in [-0.05, 0) is 42.5 Å². The second kappa shape index (κ2) is 8.01. The Hall–Kier alpha value is -3.84. The number of carbonyl (C=O) groups is 3. The van der Waals surface area contributed by atoms with Crippen molar-refractivity contribution in [3.05, 3.63) is 82.4 Å². The first-order valence-corrected chi connectivity index (χ1v) is 10.4. The number of benzene rings is 3. The topological polar surface area (TPSA) is 84.9 Å². The Balaban J connectivity index is 1.40. The molecule has 0 radical (unpaired) electrons. The maximum atomic E-state index is 12.9. The number of rotatable bonds is 3. The molecule has 0 saturated carbocycles. The van der Waals surface area contributed by atoms with Crippen molar-refractivity contribution in [2.24, 2.45) is 0 Å². The van der Waals surface area contributed by atoms with E-state index < -0.39 is 17.7 Å². The lowest BCUT2D eigenvalue weighted by Crippen LogP contribution is -2.29. The summed E-state index contributed by atoms with van der Waals surface area (Å²) in [5.74, 6) is -0.372. The van der Waals surface area contributed by atoms with Crippen LogP contribution in [0.4, 0.5) is 11.4 Å². The Labute approximate surface area is 188 Å². The summed E-state index contributed by atoms with van der Waals surface area (Å²) in [6, 6.07) is 16.3. The minimum atomic E-state index is -0.415. The number of hydrogen-bond acceptors (Lipinski definition) is 5. The summed E-state index contributed by atoms with van der Waals surface area (Å²) in [6.07, 6.45) is 0.719. The molecule has 0 aromatic heterocycles. The average molecular weight is 449 g/mol. The summed E-state index contributed by atoms with van der Waals surface area (Å²) in [4.78, 5) is 39.4. The number of imide groups is 1. The predicted octanol–water partition coefficient (Wildman–Crippen LogP) is 4.55. The van der Waals surface area contributed by atoms with E-state index in [2.05, 4.69) is 5.32 Å². The van der Waals surface area contributed by atoms with Crippen LogP contribution < -0.4 is 19.7 Å². The molecule has 3 aromatic rings. The van der Waals surface area contributed by atoms with Crippen LogP contribution in [-0.4, -0.2) is 30.9 Å². The number of amides is 3. The lowest BCUT2D eigenvalue weighted by atomic mass is 10.1. The molecule has 0 spiro atoms. The Morgan fingerprint density at radius 3 is 2.38 bits per heavy atom. The van der Waals surface area contributed by atoms with Crippen molar-refractivity contribution in [2.75, 3.05) is 23.4 Å². The van der Waals surface area contributed by atoms with Gasteiger partial charge in [-0.25, -0.2) is 4.90 Å². The Morgan fingerprint density at radius 1 is 0.906 bits per heavy atom. The number of fused-ring (bicyclic) bond motifs is 2. The number of halogens is 1. The summed E-state index contributed by atoms with van der Waals surface area (Å²) in [6.45, 7) is 0.958. The zero-order valence-electron chi connectivity index (χ0n) is 16.8. The van der Waals surface area contributed by atoms with Crippen LogP contribution in [0, 0.1) is 0 Å². The van der Waals surface area contributed by atoms with Gasteiger partial charge >= 0.3 is 0 Å². The molecule has 8 heteroatoms. The molecule has 0 saturated heterocycles. The van der Waals surface area contributed by atoms with Crippen LogP contribution in [-0.2, 0) is 0 Å². The minimum absolute atomic E-state index is 0.286. The lowest BCUT2D eigenvalue weighted by molar-refractivity contribution is 0.0925. The molecular weight excluding hydrogens is 432 g/mol. The fourth-order valence-electron chi connectivity index (χ4n) is 3.71. The molecule has 160 valence electrons. The highest BCUT2D eigenvalue weighted by Gasteiger charge is 2.36. The number of hydrogen-bond donors (Lipinski definition) is 1. The van der Waals surface area contributed by atoms with Gasteiger partial charge in [0.2, 0.25) is 0 Å². The fraction of sp³-hybridized carbons (Fsp3) is 0.125. The highest BCUT2D eigenvalue weighted by atomic mass is 35.5. The van der Waals surface area contributed by atoms with Crippen LogP contribution in [0.2, 0.25) is 5.02 Å². The zero-order chi connectivity index (χ0) is 22.2. The molecule has 0 aliphatic carbocycles. The second-order valence-corrected chi connectivity index (χ2v) is 7.74. The highest BCUT2D eigenvalue weighted by molar-refractivity contribution is 6.34. The molecule has 2 heterocycles. The second-order valence-electron chi connectivity index (χ2n) is 7.33. The largest absolute Gasteiger partial charge is 0.489 e. The summed E-state index contributed by atoms with van der Waals surface area (Å²) >= 11 is 6.29. The van der Waals surface area contributed by atoms with Crippen LogP contribution in [0.3, 0.4) is 0 Å². The van der Waals surface area contributed by atoms with Gasteiger partial charge in [0.05, 0.1) is 35.1 Å². The standard InChI is InChI=1S/C24H17ClN2O5/c25-19-11-14(12-20-21(19)32-10-4-9-31-20)22(28)26-15-5-3-6-16(13-15)27-23(29)17-7-1-2-8-18(17)24(27)30/h1-3,5-8,11-13H,4,9-10H2,(H,26,28). The van der Waals surface area contributed by atoms with Crippen molar-refractivity contribution in [2.45, 2.75) is 6.42 Å². The number of nitrogens with one attached hydrogen (secondary N) is 1. The molecule has 3 aromatic carbocycles. The number of ether oxygens (including phenoxy) is 2. The number of carbonyl (C=O) groups excluding carboxylic acids is 3. The molecule has 1 N–H and O–H groups in total. The molecule has 32 heavy (non-hydrogen) atoms. The molecule has 0 bridgehead atoms. The van der Waals surface area contributed by atoms with E-state index in [1.54, 1.807) is 54.6 Å². The lowest BCUT2D eigenvalue weighted by Gasteiger charge is -2.16. The van der Waals surface area contributed by atoms with Crippen LogP contribution in [0.25, 0.3) is 0 Å². The summed E-state index contributed by atoms with van der Waals surface area (Å²) < 4.78 is 11.2. The first-order chi connectivity index (χ1) is 15.5. The highest BCUT2D eigenvalue weighted by Crippen LogP contribution is 2.38. The smallest absolute Gasteiger partial charge is 0.266 e. The van der Waals surface area contributed by atoms with Gasteiger partial charge in [-0.1, -0.05) is 29.8 Å². The molecular formula is C24H17ClN2O5. The van der Waals surface area contributed by atoms with E-state index in [4.69, 9.17) is 21.1 Å². The summed E-state index contributed by atoms with van der Waals surface area (Å²) in [5.41, 5.74) is 1.80. The van der Waals surface area contributed by atoms with Crippen LogP contribution in [0.5, 0.6) is 11.5 Å². The molecule has 2 aliphatic rings. The molecule has 7 nitrogen and oxygen atoms in total. The van der Waals surface area contributed by atoms with Gasteiger partial charge in [0.25, 0.3) is 17.7 Å². The maximum absolute atomic E-state index is 12.9. The van der Waals surface area contributed by atoms with Gasteiger partial charge in [-0.15, -0.1) is 0 Å². The van der Waals surface area contributed by atoms with E-state index >= 15 is 0 Å². The van der Waals surface area contributed by atoms with Crippen molar-refractivity contribution in [3.63, 3.8) is 0 Å². The van der Waals surface area contributed by atoms with E-state index in [0.717, 1.165) is 11.3 Å². The van der Waals surface area contributed by atoms with Gasteiger partial charge in [-0.3, -0.25) is 14.4 Å².